The highest BCUT2D eigenvalue weighted by Gasteiger charge is 2.04. The van der Waals surface area contributed by atoms with Gasteiger partial charge in [0.25, 0.3) is 5.91 Å². The molecule has 4 heteroatoms. The number of hydrogen-bond acceptors (Lipinski definition) is 3. The molecule has 0 saturated carbocycles. The van der Waals surface area contributed by atoms with Crippen LogP contribution in [0, 0.1) is 0 Å². The Balaban J connectivity index is 2.38. The van der Waals surface area contributed by atoms with Crippen LogP contribution in [-0.2, 0) is 6.54 Å². The number of carbonyl (C=O) groups excluding carboxylic acids is 1. The second kappa shape index (κ2) is 4.76. The zero-order valence-electron chi connectivity index (χ0n) is 9.26. The van der Waals surface area contributed by atoms with E-state index in [2.05, 4.69) is 4.98 Å². The van der Waals surface area contributed by atoms with Gasteiger partial charge in [0.1, 0.15) is 5.69 Å². The molecule has 2 rings (SSSR count). The molecule has 86 valence electrons. The minimum atomic E-state index is -0.523. The number of nitrogens with two attached hydrogens (primary N) is 2. The molecule has 1 amide bonds. The summed E-state index contributed by atoms with van der Waals surface area (Å²) in [6.45, 7) is 0.517. The van der Waals surface area contributed by atoms with Gasteiger partial charge in [-0.3, -0.25) is 9.78 Å². The van der Waals surface area contributed by atoms with E-state index in [1.54, 1.807) is 12.3 Å². The Hall–Kier alpha value is -2.20. The number of pyridine rings is 1. The Morgan fingerprint density at radius 3 is 2.41 bits per heavy atom. The number of hydrogen-bond donors (Lipinski definition) is 2. The van der Waals surface area contributed by atoms with E-state index in [0.29, 0.717) is 6.54 Å². The first-order valence-corrected chi connectivity index (χ1v) is 5.26. The van der Waals surface area contributed by atoms with Crippen LogP contribution in [-0.4, -0.2) is 10.9 Å². The first-order valence-electron chi connectivity index (χ1n) is 5.26. The number of carbonyl (C=O) groups is 1. The fourth-order valence-electron chi connectivity index (χ4n) is 1.58. The Kier molecular flexibility index (Phi) is 3.16. The first kappa shape index (κ1) is 11.3. The Labute approximate surface area is 99.3 Å². The Morgan fingerprint density at radius 1 is 1.12 bits per heavy atom. The average Bonchev–Trinajstić information content (AvgIpc) is 2.39. The van der Waals surface area contributed by atoms with Gasteiger partial charge in [0.2, 0.25) is 0 Å². The molecular weight excluding hydrogens is 214 g/mol. The lowest BCUT2D eigenvalue weighted by Crippen LogP contribution is -2.12. The molecule has 0 radical (unpaired) electrons. The summed E-state index contributed by atoms with van der Waals surface area (Å²) in [4.78, 5) is 14.9. The zero-order valence-corrected chi connectivity index (χ0v) is 9.26. The molecule has 2 aromatic rings. The molecule has 1 heterocycles. The molecule has 0 fully saturated rings. The van der Waals surface area contributed by atoms with E-state index < -0.39 is 5.91 Å². The molecule has 0 aliphatic carbocycles. The highest BCUT2D eigenvalue weighted by Crippen LogP contribution is 2.19. The minimum absolute atomic E-state index is 0.269. The van der Waals surface area contributed by atoms with E-state index in [4.69, 9.17) is 11.5 Å². The van der Waals surface area contributed by atoms with Crippen molar-refractivity contribution in [3.05, 3.63) is 53.9 Å². The third-order valence-electron chi connectivity index (χ3n) is 2.54. The lowest BCUT2D eigenvalue weighted by atomic mass is 10.0. The summed E-state index contributed by atoms with van der Waals surface area (Å²) in [7, 11) is 0. The molecule has 0 unspecified atom stereocenters. The third kappa shape index (κ3) is 2.49. The van der Waals surface area contributed by atoms with Crippen LogP contribution in [0.3, 0.4) is 0 Å². The van der Waals surface area contributed by atoms with Crippen LogP contribution in [0.4, 0.5) is 0 Å². The number of benzene rings is 1. The van der Waals surface area contributed by atoms with Crippen molar-refractivity contribution in [3.8, 4) is 11.1 Å². The molecule has 0 spiro atoms. The molecule has 1 aromatic heterocycles. The monoisotopic (exact) mass is 227 g/mol. The number of nitrogens with zero attached hydrogens (tertiary/aromatic N) is 1. The fourth-order valence-corrected chi connectivity index (χ4v) is 1.58. The lowest BCUT2D eigenvalue weighted by molar-refractivity contribution is 0.0995. The van der Waals surface area contributed by atoms with Gasteiger partial charge >= 0.3 is 0 Å². The molecule has 0 bridgehead atoms. The number of amides is 1. The molecular formula is C13H13N3O. The smallest absolute Gasteiger partial charge is 0.267 e. The van der Waals surface area contributed by atoms with Crippen molar-refractivity contribution in [1.82, 2.24) is 4.98 Å². The highest BCUT2D eigenvalue weighted by molar-refractivity contribution is 5.92. The van der Waals surface area contributed by atoms with Crippen LogP contribution in [0.5, 0.6) is 0 Å². The van der Waals surface area contributed by atoms with Gasteiger partial charge in [-0.15, -0.1) is 0 Å². The largest absolute Gasteiger partial charge is 0.364 e. The molecule has 0 aliphatic heterocycles. The van der Waals surface area contributed by atoms with Crippen LogP contribution in [0.15, 0.2) is 42.6 Å². The van der Waals surface area contributed by atoms with Gasteiger partial charge in [-0.1, -0.05) is 24.3 Å². The van der Waals surface area contributed by atoms with Crippen LogP contribution in [0.1, 0.15) is 16.1 Å². The van der Waals surface area contributed by atoms with Gasteiger partial charge in [0.15, 0.2) is 0 Å². The second-order valence-electron chi connectivity index (χ2n) is 3.70. The van der Waals surface area contributed by atoms with Crippen molar-refractivity contribution in [2.45, 2.75) is 6.54 Å². The van der Waals surface area contributed by atoms with Crippen molar-refractivity contribution in [3.63, 3.8) is 0 Å². The fraction of sp³-hybridized carbons (Fsp3) is 0.0769. The van der Waals surface area contributed by atoms with Gasteiger partial charge in [-0.05, 0) is 28.8 Å². The Bertz CT molecular complexity index is 535. The van der Waals surface area contributed by atoms with Crippen molar-refractivity contribution >= 4 is 5.91 Å². The molecule has 4 nitrogen and oxygen atoms in total. The topological polar surface area (TPSA) is 82.0 Å². The summed E-state index contributed by atoms with van der Waals surface area (Å²) in [6, 6.07) is 11.4. The maximum Gasteiger partial charge on any atom is 0.267 e. The predicted molar refractivity (Wildman–Crippen MR) is 66.1 cm³/mol. The van der Waals surface area contributed by atoms with E-state index in [-0.39, 0.29) is 5.69 Å². The van der Waals surface area contributed by atoms with Gasteiger partial charge in [-0.25, -0.2) is 0 Å². The molecule has 17 heavy (non-hydrogen) atoms. The normalized spacial score (nSPS) is 10.2. The van der Waals surface area contributed by atoms with E-state index in [9.17, 15) is 4.79 Å². The van der Waals surface area contributed by atoms with Gasteiger partial charge in [-0.2, -0.15) is 0 Å². The summed E-state index contributed by atoms with van der Waals surface area (Å²) in [6.07, 6.45) is 1.58. The maximum absolute atomic E-state index is 11.0. The maximum atomic E-state index is 11.0. The first-order chi connectivity index (χ1) is 8.20. The quantitative estimate of drug-likeness (QED) is 0.829. The van der Waals surface area contributed by atoms with Crippen LogP contribution in [0.2, 0.25) is 0 Å². The van der Waals surface area contributed by atoms with E-state index in [0.717, 1.165) is 16.7 Å². The molecule has 0 aliphatic rings. The summed E-state index contributed by atoms with van der Waals surface area (Å²) in [5.41, 5.74) is 14.0. The van der Waals surface area contributed by atoms with E-state index >= 15 is 0 Å². The van der Waals surface area contributed by atoms with Crippen molar-refractivity contribution in [2.75, 3.05) is 0 Å². The van der Waals surface area contributed by atoms with E-state index in [1.165, 1.54) is 0 Å². The highest BCUT2D eigenvalue weighted by atomic mass is 16.1. The summed E-state index contributed by atoms with van der Waals surface area (Å²) in [5.74, 6) is -0.523. The van der Waals surface area contributed by atoms with Gasteiger partial charge in [0.05, 0.1) is 0 Å². The lowest BCUT2D eigenvalue weighted by Gasteiger charge is -2.04. The van der Waals surface area contributed by atoms with E-state index in [1.807, 2.05) is 30.3 Å². The molecule has 1 aromatic carbocycles. The summed E-state index contributed by atoms with van der Waals surface area (Å²) < 4.78 is 0. The molecule has 0 atom stereocenters. The van der Waals surface area contributed by atoms with Crippen molar-refractivity contribution < 1.29 is 4.79 Å². The van der Waals surface area contributed by atoms with Crippen molar-refractivity contribution in [2.24, 2.45) is 11.5 Å². The van der Waals surface area contributed by atoms with Gasteiger partial charge < -0.3 is 11.5 Å². The van der Waals surface area contributed by atoms with Crippen LogP contribution in [0.25, 0.3) is 11.1 Å². The van der Waals surface area contributed by atoms with Gasteiger partial charge in [0, 0.05) is 12.7 Å². The predicted octanol–water partition coefficient (Wildman–Crippen LogP) is 1.31. The van der Waals surface area contributed by atoms with Crippen molar-refractivity contribution in [1.29, 1.82) is 0 Å². The second-order valence-corrected chi connectivity index (χ2v) is 3.70. The van der Waals surface area contributed by atoms with Crippen LogP contribution < -0.4 is 11.5 Å². The summed E-state index contributed by atoms with van der Waals surface area (Å²) in [5, 5.41) is 0. The summed E-state index contributed by atoms with van der Waals surface area (Å²) >= 11 is 0. The average molecular weight is 227 g/mol. The third-order valence-corrected chi connectivity index (χ3v) is 2.54. The number of rotatable bonds is 3. The van der Waals surface area contributed by atoms with Crippen LogP contribution >= 0.6 is 0 Å². The molecule has 0 saturated heterocycles. The number of primary amides is 1. The minimum Gasteiger partial charge on any atom is -0.364 e. The Morgan fingerprint density at radius 2 is 1.82 bits per heavy atom. The molecule has 4 N–H and O–H groups in total. The zero-order chi connectivity index (χ0) is 12.3. The standard InChI is InChI=1S/C13H13N3O/c14-8-9-1-3-10(4-2-9)11-5-6-16-12(7-11)13(15)17/h1-7H,8,14H2,(H2,15,17). The SMILES string of the molecule is NCc1ccc(-c2ccnc(C(N)=O)c2)cc1. The number of aromatic nitrogens is 1.